The van der Waals surface area contributed by atoms with Gasteiger partial charge in [-0.05, 0) is 30.3 Å². The van der Waals surface area contributed by atoms with Gasteiger partial charge in [0.15, 0.2) is 17.3 Å². The SMILES string of the molecule is COc1ccc(-c2noc(=O)n2Cc2coc(-c3ccccc3Cl)n2)cc1OC. The lowest BCUT2D eigenvalue weighted by Gasteiger charge is -2.09. The van der Waals surface area contributed by atoms with E-state index >= 15 is 0 Å². The highest BCUT2D eigenvalue weighted by molar-refractivity contribution is 6.33. The molecule has 4 rings (SSSR count). The van der Waals surface area contributed by atoms with Gasteiger partial charge in [-0.2, -0.15) is 0 Å². The van der Waals surface area contributed by atoms with Crippen LogP contribution in [0.15, 0.2) is 62.5 Å². The molecule has 0 unspecified atom stereocenters. The van der Waals surface area contributed by atoms with Gasteiger partial charge in [0.1, 0.15) is 6.26 Å². The van der Waals surface area contributed by atoms with Crippen molar-refractivity contribution < 1.29 is 18.4 Å². The third kappa shape index (κ3) is 3.62. The number of oxazole rings is 1. The zero-order valence-electron chi connectivity index (χ0n) is 15.6. The summed E-state index contributed by atoms with van der Waals surface area (Å²) in [6, 6.07) is 12.4. The van der Waals surface area contributed by atoms with Gasteiger partial charge in [0.25, 0.3) is 0 Å². The number of nitrogens with zero attached hydrogens (tertiary/aromatic N) is 3. The van der Waals surface area contributed by atoms with Crippen LogP contribution in [0.5, 0.6) is 11.5 Å². The van der Waals surface area contributed by atoms with Gasteiger partial charge >= 0.3 is 5.76 Å². The Morgan fingerprint density at radius 1 is 1.10 bits per heavy atom. The van der Waals surface area contributed by atoms with E-state index in [-0.39, 0.29) is 6.54 Å². The van der Waals surface area contributed by atoms with E-state index in [4.69, 9.17) is 30.0 Å². The van der Waals surface area contributed by atoms with Gasteiger partial charge in [-0.15, -0.1) is 0 Å². The first-order chi connectivity index (χ1) is 14.1. The molecule has 0 aliphatic carbocycles. The lowest BCUT2D eigenvalue weighted by Crippen LogP contribution is -2.16. The molecule has 0 saturated carbocycles. The van der Waals surface area contributed by atoms with Crippen molar-refractivity contribution in [2.24, 2.45) is 0 Å². The van der Waals surface area contributed by atoms with Gasteiger partial charge in [-0.3, -0.25) is 9.09 Å². The topological polar surface area (TPSA) is 92.5 Å². The molecule has 0 spiro atoms. The summed E-state index contributed by atoms with van der Waals surface area (Å²) in [5.74, 6) is 1.15. The van der Waals surface area contributed by atoms with E-state index in [1.54, 1.807) is 37.4 Å². The first-order valence-corrected chi connectivity index (χ1v) is 8.96. The van der Waals surface area contributed by atoms with Crippen molar-refractivity contribution in [3.05, 3.63) is 70.0 Å². The van der Waals surface area contributed by atoms with E-state index < -0.39 is 5.76 Å². The maximum Gasteiger partial charge on any atom is 0.442 e. The number of ether oxygens (including phenoxy) is 2. The van der Waals surface area contributed by atoms with Gasteiger partial charge in [-0.1, -0.05) is 28.9 Å². The smallest absolute Gasteiger partial charge is 0.442 e. The number of methoxy groups -OCH3 is 2. The molecule has 9 heteroatoms. The predicted molar refractivity (Wildman–Crippen MR) is 105 cm³/mol. The van der Waals surface area contributed by atoms with E-state index in [0.717, 1.165) is 0 Å². The average molecular weight is 414 g/mol. The Bertz CT molecular complexity index is 1210. The predicted octanol–water partition coefficient (Wildman–Crippen LogP) is 3.88. The average Bonchev–Trinajstić information content (AvgIpc) is 3.35. The number of hydrogen-bond donors (Lipinski definition) is 0. The molecule has 29 heavy (non-hydrogen) atoms. The van der Waals surface area contributed by atoms with Crippen LogP contribution in [0, 0.1) is 0 Å². The van der Waals surface area contributed by atoms with Crippen molar-refractivity contribution in [1.29, 1.82) is 0 Å². The molecule has 2 heterocycles. The van der Waals surface area contributed by atoms with Crippen LogP contribution in [-0.4, -0.2) is 28.9 Å². The third-order valence-electron chi connectivity index (χ3n) is 4.30. The summed E-state index contributed by atoms with van der Waals surface area (Å²) in [6.45, 7) is 0.111. The molecule has 148 valence electrons. The molecular weight excluding hydrogens is 398 g/mol. The zero-order chi connectivity index (χ0) is 20.4. The Labute approximate surface area is 170 Å². The van der Waals surface area contributed by atoms with Gasteiger partial charge in [0, 0.05) is 5.56 Å². The van der Waals surface area contributed by atoms with Crippen LogP contribution in [-0.2, 0) is 6.54 Å². The number of rotatable bonds is 6. The van der Waals surface area contributed by atoms with E-state index in [0.29, 0.717) is 45.1 Å². The standard InChI is InChI=1S/C20H16ClN3O5/c1-26-16-8-7-12(9-17(16)27-2)18-23-29-20(25)24(18)10-13-11-28-19(22-13)14-5-3-4-6-15(14)21/h3-9,11H,10H2,1-2H3. The Morgan fingerprint density at radius 2 is 1.90 bits per heavy atom. The molecule has 0 N–H and O–H groups in total. The molecule has 0 aliphatic rings. The van der Waals surface area contributed by atoms with Crippen molar-refractivity contribution in [2.45, 2.75) is 6.54 Å². The van der Waals surface area contributed by atoms with E-state index in [9.17, 15) is 4.79 Å². The molecule has 0 fully saturated rings. The summed E-state index contributed by atoms with van der Waals surface area (Å²) in [5.41, 5.74) is 1.81. The number of aromatic nitrogens is 3. The quantitative estimate of drug-likeness (QED) is 0.473. The fourth-order valence-electron chi connectivity index (χ4n) is 2.89. The van der Waals surface area contributed by atoms with Crippen LogP contribution >= 0.6 is 11.6 Å². The molecule has 2 aromatic heterocycles. The van der Waals surface area contributed by atoms with Gasteiger partial charge in [0.05, 0.1) is 37.0 Å². The second kappa shape index (κ2) is 7.84. The molecule has 0 amide bonds. The van der Waals surface area contributed by atoms with Crippen LogP contribution in [0.3, 0.4) is 0 Å². The minimum absolute atomic E-state index is 0.111. The molecular formula is C20H16ClN3O5. The van der Waals surface area contributed by atoms with Crippen LogP contribution < -0.4 is 15.2 Å². The maximum atomic E-state index is 12.2. The molecule has 2 aromatic carbocycles. The molecule has 0 atom stereocenters. The summed E-state index contributed by atoms with van der Waals surface area (Å²) in [4.78, 5) is 16.7. The third-order valence-corrected chi connectivity index (χ3v) is 4.63. The Balaban J connectivity index is 1.68. The van der Waals surface area contributed by atoms with Crippen molar-refractivity contribution in [1.82, 2.24) is 14.7 Å². The van der Waals surface area contributed by atoms with Crippen molar-refractivity contribution >= 4 is 11.6 Å². The molecule has 0 aliphatic heterocycles. The Hall–Kier alpha value is -3.52. The lowest BCUT2D eigenvalue weighted by molar-refractivity contribution is 0.355. The summed E-state index contributed by atoms with van der Waals surface area (Å²) < 4.78 is 22.3. The van der Waals surface area contributed by atoms with Crippen LogP contribution in [0.2, 0.25) is 5.02 Å². The minimum atomic E-state index is -0.614. The lowest BCUT2D eigenvalue weighted by atomic mass is 10.2. The summed E-state index contributed by atoms with van der Waals surface area (Å²) in [7, 11) is 3.08. The fourth-order valence-corrected chi connectivity index (χ4v) is 3.11. The van der Waals surface area contributed by atoms with Gasteiger partial charge in [-0.25, -0.2) is 9.78 Å². The molecule has 0 radical (unpaired) electrons. The minimum Gasteiger partial charge on any atom is -0.493 e. The number of halogens is 1. The fraction of sp³-hybridized carbons (Fsp3) is 0.150. The number of hydrogen-bond acceptors (Lipinski definition) is 7. The van der Waals surface area contributed by atoms with Crippen molar-refractivity contribution in [3.8, 4) is 34.3 Å². The second-order valence-corrected chi connectivity index (χ2v) is 6.46. The molecule has 8 nitrogen and oxygen atoms in total. The van der Waals surface area contributed by atoms with Crippen LogP contribution in [0.1, 0.15) is 5.69 Å². The normalized spacial score (nSPS) is 10.9. The second-order valence-electron chi connectivity index (χ2n) is 6.05. The zero-order valence-corrected chi connectivity index (χ0v) is 16.3. The highest BCUT2D eigenvalue weighted by atomic mass is 35.5. The molecule has 0 bridgehead atoms. The van der Waals surface area contributed by atoms with Crippen LogP contribution in [0.25, 0.3) is 22.8 Å². The Kier molecular flexibility index (Phi) is 5.09. The van der Waals surface area contributed by atoms with Crippen molar-refractivity contribution in [2.75, 3.05) is 14.2 Å². The summed E-state index contributed by atoms with van der Waals surface area (Å²) in [5, 5.41) is 4.41. The first-order valence-electron chi connectivity index (χ1n) is 8.59. The summed E-state index contributed by atoms with van der Waals surface area (Å²) in [6.07, 6.45) is 1.47. The monoisotopic (exact) mass is 413 g/mol. The van der Waals surface area contributed by atoms with E-state index in [2.05, 4.69) is 10.1 Å². The van der Waals surface area contributed by atoms with Crippen LogP contribution in [0.4, 0.5) is 0 Å². The molecule has 4 aromatic rings. The number of benzene rings is 2. The largest absolute Gasteiger partial charge is 0.493 e. The summed E-state index contributed by atoms with van der Waals surface area (Å²) >= 11 is 6.19. The van der Waals surface area contributed by atoms with E-state index in [1.165, 1.54) is 17.9 Å². The molecule has 0 saturated heterocycles. The first kappa shape index (κ1) is 18.8. The van der Waals surface area contributed by atoms with Gasteiger partial charge in [0.2, 0.25) is 5.89 Å². The maximum absolute atomic E-state index is 12.2. The Morgan fingerprint density at radius 3 is 2.66 bits per heavy atom. The van der Waals surface area contributed by atoms with Gasteiger partial charge < -0.3 is 13.9 Å². The van der Waals surface area contributed by atoms with E-state index in [1.807, 2.05) is 12.1 Å². The highest BCUT2D eigenvalue weighted by Gasteiger charge is 2.18. The highest BCUT2D eigenvalue weighted by Crippen LogP contribution is 2.32. The van der Waals surface area contributed by atoms with Crippen molar-refractivity contribution in [3.63, 3.8) is 0 Å².